The fraction of sp³-hybridized carbons (Fsp3) is 0.714. The molecule has 1 aromatic rings. The molecule has 0 aliphatic carbocycles. The summed E-state index contributed by atoms with van der Waals surface area (Å²) in [6.07, 6.45) is 12.3. The van der Waals surface area contributed by atoms with Gasteiger partial charge in [-0.15, -0.1) is 0 Å². The van der Waals surface area contributed by atoms with Crippen LogP contribution in [0, 0.1) is 0 Å². The minimum atomic E-state index is 0.0695. The molecule has 0 amide bonds. The van der Waals surface area contributed by atoms with E-state index in [1.54, 1.807) is 7.11 Å². The summed E-state index contributed by atoms with van der Waals surface area (Å²) in [5.41, 5.74) is 1.38. The SMILES string of the molecule is COCOc1ccc(CCCCCCCCOC2CCCCO2)cc1. The monoisotopic (exact) mass is 350 g/mol. The highest BCUT2D eigenvalue weighted by Crippen LogP contribution is 2.16. The highest BCUT2D eigenvalue weighted by molar-refractivity contribution is 5.27. The lowest BCUT2D eigenvalue weighted by Crippen LogP contribution is -2.22. The van der Waals surface area contributed by atoms with E-state index in [0.717, 1.165) is 38.2 Å². The van der Waals surface area contributed by atoms with Gasteiger partial charge in [0.2, 0.25) is 0 Å². The molecule has 1 aliphatic heterocycles. The highest BCUT2D eigenvalue weighted by Gasteiger charge is 2.13. The van der Waals surface area contributed by atoms with Crippen LogP contribution in [-0.2, 0) is 20.6 Å². The van der Waals surface area contributed by atoms with E-state index in [4.69, 9.17) is 18.9 Å². The molecular weight excluding hydrogens is 316 g/mol. The molecule has 1 heterocycles. The van der Waals surface area contributed by atoms with Crippen LogP contribution in [0.1, 0.15) is 63.4 Å². The van der Waals surface area contributed by atoms with Crippen molar-refractivity contribution in [3.05, 3.63) is 29.8 Å². The maximum absolute atomic E-state index is 5.76. The predicted molar refractivity (Wildman–Crippen MR) is 99.9 cm³/mol. The first-order valence-corrected chi connectivity index (χ1v) is 9.82. The van der Waals surface area contributed by atoms with E-state index in [9.17, 15) is 0 Å². The van der Waals surface area contributed by atoms with Crippen molar-refractivity contribution in [3.63, 3.8) is 0 Å². The summed E-state index contributed by atoms with van der Waals surface area (Å²) in [5.74, 6) is 0.867. The molecule has 1 atom stereocenters. The van der Waals surface area contributed by atoms with E-state index in [1.807, 2.05) is 12.1 Å². The Morgan fingerprint density at radius 2 is 1.72 bits per heavy atom. The number of hydrogen-bond donors (Lipinski definition) is 0. The lowest BCUT2D eigenvalue weighted by atomic mass is 10.0. The maximum atomic E-state index is 5.76. The lowest BCUT2D eigenvalue weighted by Gasteiger charge is -2.22. The largest absolute Gasteiger partial charge is 0.468 e. The fourth-order valence-corrected chi connectivity index (χ4v) is 3.08. The second-order valence-electron chi connectivity index (χ2n) is 6.73. The Bertz CT molecular complexity index is 426. The van der Waals surface area contributed by atoms with Gasteiger partial charge < -0.3 is 18.9 Å². The van der Waals surface area contributed by atoms with Gasteiger partial charge in [0.15, 0.2) is 13.1 Å². The number of rotatable bonds is 13. The van der Waals surface area contributed by atoms with Crippen molar-refractivity contribution in [1.29, 1.82) is 0 Å². The van der Waals surface area contributed by atoms with E-state index in [0.29, 0.717) is 6.79 Å². The average molecular weight is 350 g/mol. The first-order chi connectivity index (χ1) is 12.4. The first-order valence-electron chi connectivity index (χ1n) is 9.82. The Morgan fingerprint density at radius 1 is 0.960 bits per heavy atom. The molecule has 4 nitrogen and oxygen atoms in total. The Morgan fingerprint density at radius 3 is 2.44 bits per heavy atom. The van der Waals surface area contributed by atoms with E-state index < -0.39 is 0 Å². The van der Waals surface area contributed by atoms with Crippen molar-refractivity contribution in [2.45, 2.75) is 70.5 Å². The normalized spacial score (nSPS) is 17.6. The van der Waals surface area contributed by atoms with Crippen molar-refractivity contribution >= 4 is 0 Å². The van der Waals surface area contributed by atoms with Crippen molar-refractivity contribution in [2.75, 3.05) is 27.1 Å². The summed E-state index contributed by atoms with van der Waals surface area (Å²) in [7, 11) is 1.63. The molecule has 0 saturated carbocycles. The Kier molecular flexibility index (Phi) is 10.6. The van der Waals surface area contributed by atoms with Crippen LogP contribution in [0.4, 0.5) is 0 Å². The van der Waals surface area contributed by atoms with Crippen LogP contribution in [0.25, 0.3) is 0 Å². The van der Waals surface area contributed by atoms with Crippen LogP contribution < -0.4 is 4.74 Å². The Balaban J connectivity index is 1.40. The zero-order valence-corrected chi connectivity index (χ0v) is 15.7. The van der Waals surface area contributed by atoms with E-state index >= 15 is 0 Å². The minimum Gasteiger partial charge on any atom is -0.468 e. The molecule has 0 N–H and O–H groups in total. The molecule has 2 rings (SSSR count). The molecule has 0 spiro atoms. The molecule has 0 bridgehead atoms. The molecule has 1 aromatic carbocycles. The van der Waals surface area contributed by atoms with Crippen molar-refractivity contribution in [2.24, 2.45) is 0 Å². The van der Waals surface area contributed by atoms with E-state index in [2.05, 4.69) is 12.1 Å². The summed E-state index contributed by atoms with van der Waals surface area (Å²) in [4.78, 5) is 0. The molecule has 25 heavy (non-hydrogen) atoms. The molecule has 0 aromatic heterocycles. The second-order valence-corrected chi connectivity index (χ2v) is 6.73. The molecule has 1 unspecified atom stereocenters. The number of methoxy groups -OCH3 is 1. The van der Waals surface area contributed by atoms with Crippen LogP contribution in [0.5, 0.6) is 5.75 Å². The van der Waals surface area contributed by atoms with Gasteiger partial charge in [-0.25, -0.2) is 0 Å². The molecule has 4 heteroatoms. The van der Waals surface area contributed by atoms with Gasteiger partial charge in [-0.2, -0.15) is 0 Å². The molecule has 1 fully saturated rings. The van der Waals surface area contributed by atoms with Gasteiger partial charge in [-0.05, 0) is 56.2 Å². The van der Waals surface area contributed by atoms with Crippen molar-refractivity contribution in [3.8, 4) is 5.75 Å². The molecule has 1 saturated heterocycles. The standard InChI is InChI=1S/C21H34O4/c1-22-18-25-20-14-12-19(13-15-20)10-6-4-2-3-5-8-16-23-21-11-7-9-17-24-21/h12-15,21H,2-11,16-18H2,1H3. The van der Waals surface area contributed by atoms with Gasteiger partial charge in [0.25, 0.3) is 0 Å². The second kappa shape index (κ2) is 13.2. The van der Waals surface area contributed by atoms with Crippen LogP contribution in [-0.4, -0.2) is 33.4 Å². The zero-order chi connectivity index (χ0) is 17.6. The lowest BCUT2D eigenvalue weighted by molar-refractivity contribution is -0.162. The Labute approximate surface area is 152 Å². The molecule has 0 radical (unpaired) electrons. The van der Waals surface area contributed by atoms with Crippen molar-refractivity contribution < 1.29 is 18.9 Å². The highest BCUT2D eigenvalue weighted by atomic mass is 16.7. The van der Waals surface area contributed by atoms with Gasteiger partial charge in [-0.1, -0.05) is 37.8 Å². The van der Waals surface area contributed by atoms with Gasteiger partial charge in [-0.3, -0.25) is 0 Å². The number of ether oxygens (including phenoxy) is 4. The summed E-state index contributed by atoms with van der Waals surface area (Å²) in [5, 5.41) is 0. The van der Waals surface area contributed by atoms with Crippen LogP contribution in [0.15, 0.2) is 24.3 Å². The van der Waals surface area contributed by atoms with Gasteiger partial charge >= 0.3 is 0 Å². The van der Waals surface area contributed by atoms with Gasteiger partial charge in [0, 0.05) is 20.3 Å². The van der Waals surface area contributed by atoms with Crippen molar-refractivity contribution in [1.82, 2.24) is 0 Å². The zero-order valence-electron chi connectivity index (χ0n) is 15.7. The smallest absolute Gasteiger partial charge is 0.188 e. The predicted octanol–water partition coefficient (Wildman–Crippen LogP) is 5.10. The van der Waals surface area contributed by atoms with Crippen LogP contribution >= 0.6 is 0 Å². The number of benzene rings is 1. The Hall–Kier alpha value is -1.10. The summed E-state index contributed by atoms with van der Waals surface area (Å²) in [6.45, 7) is 2.02. The number of unbranched alkanes of at least 4 members (excludes halogenated alkanes) is 5. The third-order valence-corrected chi connectivity index (χ3v) is 4.57. The summed E-state index contributed by atoms with van der Waals surface area (Å²) < 4.78 is 21.6. The first kappa shape index (κ1) is 20.2. The topological polar surface area (TPSA) is 36.9 Å². The summed E-state index contributed by atoms with van der Waals surface area (Å²) in [6, 6.07) is 8.33. The third kappa shape index (κ3) is 9.24. The quantitative estimate of drug-likeness (QED) is 0.366. The molecule has 1 aliphatic rings. The molecular formula is C21H34O4. The third-order valence-electron chi connectivity index (χ3n) is 4.57. The van der Waals surface area contributed by atoms with E-state index in [1.165, 1.54) is 50.5 Å². The van der Waals surface area contributed by atoms with Gasteiger partial charge in [0.05, 0.1) is 0 Å². The average Bonchev–Trinajstić information content (AvgIpc) is 2.67. The fourth-order valence-electron chi connectivity index (χ4n) is 3.08. The number of hydrogen-bond acceptors (Lipinski definition) is 4. The van der Waals surface area contributed by atoms with Gasteiger partial charge in [0.1, 0.15) is 5.75 Å². The van der Waals surface area contributed by atoms with E-state index in [-0.39, 0.29) is 6.29 Å². The maximum Gasteiger partial charge on any atom is 0.188 e. The van der Waals surface area contributed by atoms with Crippen LogP contribution in [0.3, 0.4) is 0 Å². The molecule has 142 valence electrons. The van der Waals surface area contributed by atoms with Crippen LogP contribution in [0.2, 0.25) is 0 Å². The minimum absolute atomic E-state index is 0.0695. The summed E-state index contributed by atoms with van der Waals surface area (Å²) >= 11 is 0. The number of aryl methyl sites for hydroxylation is 1.